The van der Waals surface area contributed by atoms with Gasteiger partial charge in [-0.2, -0.15) is 0 Å². The molecule has 0 spiro atoms. The normalized spacial score (nSPS) is 14.8. The zero-order valence-electron chi connectivity index (χ0n) is 12.5. The van der Waals surface area contributed by atoms with Gasteiger partial charge in [0, 0.05) is 6.08 Å². The molecule has 2 nitrogen and oxygen atoms in total. The van der Waals surface area contributed by atoms with E-state index in [1.807, 2.05) is 26.8 Å². The first-order chi connectivity index (χ1) is 8.06. The Labute approximate surface area is 126 Å². The first-order valence-electron chi connectivity index (χ1n) is 6.53. The molecule has 0 N–H and O–H groups in total. The fourth-order valence-electron chi connectivity index (χ4n) is 1.65. The van der Waals surface area contributed by atoms with Crippen molar-refractivity contribution in [2.75, 3.05) is 4.43 Å². The van der Waals surface area contributed by atoms with Gasteiger partial charge in [0.1, 0.15) is 5.60 Å². The zero-order valence-corrected chi connectivity index (χ0v) is 14.7. The average molecular weight is 366 g/mol. The van der Waals surface area contributed by atoms with Crippen molar-refractivity contribution in [3.05, 3.63) is 12.2 Å². The fourth-order valence-corrected chi connectivity index (χ4v) is 2.09. The third-order valence-electron chi connectivity index (χ3n) is 2.63. The van der Waals surface area contributed by atoms with Gasteiger partial charge in [-0.05, 0) is 49.4 Å². The Morgan fingerprint density at radius 1 is 1.22 bits per heavy atom. The number of rotatable bonds is 5. The van der Waals surface area contributed by atoms with Gasteiger partial charge in [-0.1, -0.05) is 49.4 Å². The van der Waals surface area contributed by atoms with E-state index in [4.69, 9.17) is 4.74 Å². The van der Waals surface area contributed by atoms with Crippen LogP contribution in [-0.2, 0) is 9.53 Å². The van der Waals surface area contributed by atoms with Crippen molar-refractivity contribution in [3.8, 4) is 0 Å². The highest BCUT2D eigenvalue weighted by atomic mass is 127. The molecule has 0 rings (SSSR count). The van der Waals surface area contributed by atoms with E-state index in [1.165, 1.54) is 6.42 Å². The highest BCUT2D eigenvalue weighted by Crippen LogP contribution is 2.31. The molecule has 1 unspecified atom stereocenters. The van der Waals surface area contributed by atoms with Gasteiger partial charge in [-0.25, -0.2) is 4.79 Å². The monoisotopic (exact) mass is 366 g/mol. The van der Waals surface area contributed by atoms with E-state index >= 15 is 0 Å². The van der Waals surface area contributed by atoms with Crippen LogP contribution in [0.1, 0.15) is 54.4 Å². The molecule has 0 heterocycles. The molecule has 0 aliphatic carbocycles. The molecular formula is C15H27IO2. The molecule has 1 atom stereocenters. The summed E-state index contributed by atoms with van der Waals surface area (Å²) in [6.07, 6.45) is 5.90. The fraction of sp³-hybridized carbons (Fsp3) is 0.800. The van der Waals surface area contributed by atoms with Crippen LogP contribution < -0.4 is 0 Å². The van der Waals surface area contributed by atoms with Gasteiger partial charge in [-0.15, -0.1) is 0 Å². The van der Waals surface area contributed by atoms with E-state index in [-0.39, 0.29) is 11.4 Å². The Hall–Kier alpha value is -0.0600. The van der Waals surface area contributed by atoms with Gasteiger partial charge < -0.3 is 4.74 Å². The summed E-state index contributed by atoms with van der Waals surface area (Å²) >= 11 is 2.39. The molecule has 0 aliphatic heterocycles. The highest BCUT2D eigenvalue weighted by Gasteiger charge is 2.22. The summed E-state index contributed by atoms with van der Waals surface area (Å²) in [4.78, 5) is 11.7. The average Bonchev–Trinajstić information content (AvgIpc) is 2.12. The van der Waals surface area contributed by atoms with Crippen molar-refractivity contribution >= 4 is 28.6 Å². The maximum Gasteiger partial charge on any atom is 0.330 e. The summed E-state index contributed by atoms with van der Waals surface area (Å²) in [7, 11) is 0. The Bertz CT molecular complexity index is 282. The molecule has 0 aromatic rings. The van der Waals surface area contributed by atoms with Crippen molar-refractivity contribution in [1.29, 1.82) is 0 Å². The number of esters is 1. The van der Waals surface area contributed by atoms with Crippen LogP contribution in [0.4, 0.5) is 0 Å². The number of allylic oxidation sites excluding steroid dienone is 1. The summed E-state index contributed by atoms with van der Waals surface area (Å²) in [5, 5.41) is 0. The Kier molecular flexibility index (Phi) is 7.48. The molecule has 0 radical (unpaired) electrons. The van der Waals surface area contributed by atoms with E-state index in [2.05, 4.69) is 43.4 Å². The summed E-state index contributed by atoms with van der Waals surface area (Å²) in [5.41, 5.74) is -0.231. The maximum absolute atomic E-state index is 11.7. The van der Waals surface area contributed by atoms with Gasteiger partial charge in [0.05, 0.1) is 0 Å². The van der Waals surface area contributed by atoms with Gasteiger partial charge in [0.2, 0.25) is 0 Å². The standard InChI is InChI=1S/C15H27IO2/c1-14(2,3)12(8-7-11-16)9-10-13(17)18-15(4,5)6/h9-10,12H,7-8,11H2,1-6H3/b10-9+. The molecule has 0 fully saturated rings. The number of ether oxygens (including phenoxy) is 1. The molecule has 0 saturated heterocycles. The molecule has 0 bridgehead atoms. The van der Waals surface area contributed by atoms with Crippen molar-refractivity contribution in [1.82, 2.24) is 0 Å². The second-order valence-corrected chi connectivity index (χ2v) is 7.78. The minimum Gasteiger partial charge on any atom is -0.457 e. The topological polar surface area (TPSA) is 26.3 Å². The molecule has 0 amide bonds. The minimum absolute atomic E-state index is 0.185. The predicted octanol–water partition coefficient (Wildman–Crippen LogP) is 4.76. The molecule has 3 heteroatoms. The van der Waals surface area contributed by atoms with Crippen molar-refractivity contribution in [3.63, 3.8) is 0 Å². The Morgan fingerprint density at radius 2 is 1.78 bits per heavy atom. The summed E-state index contributed by atoms with van der Waals surface area (Å²) in [5.74, 6) is 0.172. The second kappa shape index (κ2) is 7.51. The lowest BCUT2D eigenvalue weighted by molar-refractivity contribution is -0.148. The van der Waals surface area contributed by atoms with E-state index < -0.39 is 5.60 Å². The Morgan fingerprint density at radius 3 is 2.17 bits per heavy atom. The van der Waals surface area contributed by atoms with Crippen LogP contribution in [0.25, 0.3) is 0 Å². The SMILES string of the molecule is CC(C)(C)OC(=O)/C=C/C(CCCI)C(C)(C)C. The van der Waals surface area contributed by atoms with Gasteiger partial charge >= 0.3 is 5.97 Å². The maximum atomic E-state index is 11.7. The predicted molar refractivity (Wildman–Crippen MR) is 86.1 cm³/mol. The first-order valence-corrected chi connectivity index (χ1v) is 8.06. The van der Waals surface area contributed by atoms with Crippen LogP contribution in [0.3, 0.4) is 0 Å². The molecule has 0 aromatic carbocycles. The van der Waals surface area contributed by atoms with E-state index in [9.17, 15) is 4.79 Å². The second-order valence-electron chi connectivity index (χ2n) is 6.70. The minimum atomic E-state index is -0.416. The lowest BCUT2D eigenvalue weighted by atomic mass is 9.78. The third-order valence-corrected chi connectivity index (χ3v) is 3.40. The summed E-state index contributed by atoms with van der Waals surface area (Å²) in [6.45, 7) is 12.3. The van der Waals surface area contributed by atoms with Crippen LogP contribution in [0.2, 0.25) is 0 Å². The van der Waals surface area contributed by atoms with Crippen molar-refractivity contribution in [2.24, 2.45) is 11.3 Å². The van der Waals surface area contributed by atoms with Crippen LogP contribution in [0.5, 0.6) is 0 Å². The largest absolute Gasteiger partial charge is 0.457 e. The molecule has 0 aromatic heterocycles. The van der Waals surface area contributed by atoms with E-state index in [0.717, 1.165) is 10.8 Å². The number of hydrogen-bond donors (Lipinski definition) is 0. The number of carbonyl (C=O) groups excluding carboxylic acids is 1. The Balaban J connectivity index is 4.53. The van der Waals surface area contributed by atoms with Crippen LogP contribution in [0, 0.1) is 11.3 Å². The van der Waals surface area contributed by atoms with Crippen molar-refractivity contribution in [2.45, 2.75) is 60.0 Å². The number of carbonyl (C=O) groups is 1. The zero-order chi connectivity index (χ0) is 14.4. The van der Waals surface area contributed by atoms with Crippen LogP contribution >= 0.6 is 22.6 Å². The van der Waals surface area contributed by atoms with E-state index in [1.54, 1.807) is 6.08 Å². The summed E-state index contributed by atoms with van der Waals surface area (Å²) < 4.78 is 6.44. The first kappa shape index (κ1) is 17.9. The lowest BCUT2D eigenvalue weighted by Gasteiger charge is -2.28. The van der Waals surface area contributed by atoms with Gasteiger partial charge in [-0.3, -0.25) is 0 Å². The van der Waals surface area contributed by atoms with Crippen LogP contribution in [0.15, 0.2) is 12.2 Å². The quantitative estimate of drug-likeness (QED) is 0.303. The van der Waals surface area contributed by atoms with Gasteiger partial charge in [0.25, 0.3) is 0 Å². The molecular weight excluding hydrogens is 339 g/mol. The summed E-state index contributed by atoms with van der Waals surface area (Å²) in [6, 6.07) is 0. The van der Waals surface area contributed by atoms with Gasteiger partial charge in [0.15, 0.2) is 0 Å². The molecule has 106 valence electrons. The molecule has 18 heavy (non-hydrogen) atoms. The third kappa shape index (κ3) is 8.95. The number of alkyl halides is 1. The smallest absolute Gasteiger partial charge is 0.330 e. The van der Waals surface area contributed by atoms with Crippen LogP contribution in [-0.4, -0.2) is 16.0 Å². The number of hydrogen-bond acceptors (Lipinski definition) is 2. The number of halogens is 1. The lowest BCUT2D eigenvalue weighted by Crippen LogP contribution is -2.23. The molecule has 0 saturated carbocycles. The highest BCUT2D eigenvalue weighted by molar-refractivity contribution is 14.1. The molecule has 0 aliphatic rings. The van der Waals surface area contributed by atoms with Crippen molar-refractivity contribution < 1.29 is 9.53 Å². The van der Waals surface area contributed by atoms with E-state index in [0.29, 0.717) is 5.92 Å².